The number of hydrogen-bond donors (Lipinski definition) is 0. The van der Waals surface area contributed by atoms with Crippen molar-refractivity contribution in [1.82, 2.24) is 0 Å². The second-order valence-corrected chi connectivity index (χ2v) is 3.02. The molecule has 0 aromatic heterocycles. The van der Waals surface area contributed by atoms with Gasteiger partial charge in [-0.2, -0.15) is 0 Å². The Balaban J connectivity index is 3.19. The predicted molar refractivity (Wildman–Crippen MR) is 56.2 cm³/mol. The first kappa shape index (κ1) is 12.2. The summed E-state index contributed by atoms with van der Waals surface area (Å²) in [5.41, 5.74) is 1.01. The minimum absolute atomic E-state index is 0.0864. The molecule has 0 atom stereocenters. The van der Waals surface area contributed by atoms with E-state index in [1.54, 1.807) is 6.07 Å². The summed E-state index contributed by atoms with van der Waals surface area (Å²) in [6.45, 7) is -0.562. The molecule has 0 aliphatic rings. The smallest absolute Gasteiger partial charge is 0.235 e. The Morgan fingerprint density at radius 1 is 1.25 bits per heavy atom. The monoisotopic (exact) mass is 225 g/mol. The topological polar surface area (TPSA) is 47.9 Å². The summed E-state index contributed by atoms with van der Waals surface area (Å²) >= 11 is 0. The number of nitrogens with zero attached hydrogens (tertiary/aromatic N) is 1. The minimum Gasteiger partial charge on any atom is -0.493 e. The van der Waals surface area contributed by atoms with E-state index in [-0.39, 0.29) is 6.54 Å². The quantitative estimate of drug-likeness (QED) is 0.569. The van der Waals surface area contributed by atoms with Crippen molar-refractivity contribution in [3.05, 3.63) is 23.3 Å². The molecule has 1 rings (SSSR count). The predicted octanol–water partition coefficient (Wildman–Crippen LogP) is 2.01. The van der Waals surface area contributed by atoms with E-state index in [1.807, 2.05) is 0 Å². The number of methoxy groups -OCH3 is 2. The van der Waals surface area contributed by atoms with Crippen molar-refractivity contribution < 1.29 is 18.7 Å². The molecule has 0 aliphatic carbocycles. The van der Waals surface area contributed by atoms with Crippen LogP contribution in [0.1, 0.15) is 11.1 Å². The van der Waals surface area contributed by atoms with E-state index in [4.69, 9.17) is 9.47 Å². The van der Waals surface area contributed by atoms with E-state index in [0.29, 0.717) is 22.6 Å². The number of ether oxygens (including phenoxy) is 2. The van der Waals surface area contributed by atoms with E-state index in [2.05, 4.69) is 4.99 Å². The van der Waals surface area contributed by atoms with E-state index in [0.717, 1.165) is 0 Å². The molecule has 0 aliphatic heterocycles. The van der Waals surface area contributed by atoms with Gasteiger partial charge in [0.2, 0.25) is 6.08 Å². The number of carbonyl (C=O) groups excluding carboxylic acids is 1. The summed E-state index contributed by atoms with van der Waals surface area (Å²) in [5.74, 6) is 0.935. The Bertz CT molecular complexity index is 414. The first-order valence-corrected chi connectivity index (χ1v) is 4.60. The number of benzene rings is 1. The van der Waals surface area contributed by atoms with Crippen molar-refractivity contribution in [3.8, 4) is 11.5 Å². The van der Waals surface area contributed by atoms with Crippen LogP contribution in [0.4, 0.5) is 4.39 Å². The van der Waals surface area contributed by atoms with Crippen molar-refractivity contribution in [3.63, 3.8) is 0 Å². The summed E-state index contributed by atoms with van der Waals surface area (Å²) in [4.78, 5) is 13.4. The standard InChI is InChI=1S/C11H12FNO3/c1-15-10-3-8(5-12)9(6-13-7-14)4-11(10)16-2/h3-4H,5-6H2,1-2H3. The largest absolute Gasteiger partial charge is 0.493 e. The first-order valence-electron chi connectivity index (χ1n) is 4.60. The molecule has 5 heteroatoms. The molecule has 0 heterocycles. The number of isocyanates is 1. The molecule has 0 spiro atoms. The van der Waals surface area contributed by atoms with Crippen LogP contribution in [0.25, 0.3) is 0 Å². The third-order valence-electron chi connectivity index (χ3n) is 2.16. The van der Waals surface area contributed by atoms with Gasteiger partial charge in [-0.25, -0.2) is 14.2 Å². The van der Waals surface area contributed by atoms with Crippen LogP contribution in [0.15, 0.2) is 17.1 Å². The van der Waals surface area contributed by atoms with Gasteiger partial charge in [0.05, 0.1) is 20.8 Å². The highest BCUT2D eigenvalue weighted by atomic mass is 19.1. The zero-order valence-corrected chi connectivity index (χ0v) is 9.12. The lowest BCUT2D eigenvalue weighted by molar-refractivity contribution is 0.353. The van der Waals surface area contributed by atoms with Crippen LogP contribution in [0, 0.1) is 0 Å². The van der Waals surface area contributed by atoms with Gasteiger partial charge in [0.1, 0.15) is 6.67 Å². The highest BCUT2D eigenvalue weighted by Gasteiger charge is 2.10. The third-order valence-corrected chi connectivity index (χ3v) is 2.16. The molecule has 0 radical (unpaired) electrons. The Hall–Kier alpha value is -1.87. The maximum absolute atomic E-state index is 12.7. The summed E-state index contributed by atoms with van der Waals surface area (Å²) < 4.78 is 22.8. The maximum atomic E-state index is 12.7. The fourth-order valence-corrected chi connectivity index (χ4v) is 1.35. The summed E-state index contributed by atoms with van der Waals surface area (Å²) in [7, 11) is 2.96. The normalized spacial score (nSPS) is 9.44. The second-order valence-electron chi connectivity index (χ2n) is 3.02. The molecular weight excluding hydrogens is 213 g/mol. The molecule has 0 unspecified atom stereocenters. The Labute approximate surface area is 92.7 Å². The molecule has 0 saturated heterocycles. The average molecular weight is 225 g/mol. The zero-order chi connectivity index (χ0) is 12.0. The summed E-state index contributed by atoms with van der Waals surface area (Å²) in [6.07, 6.45) is 1.41. The summed E-state index contributed by atoms with van der Waals surface area (Å²) in [5, 5.41) is 0. The van der Waals surface area contributed by atoms with Crippen molar-refractivity contribution in [2.45, 2.75) is 13.2 Å². The van der Waals surface area contributed by atoms with Gasteiger partial charge in [0, 0.05) is 0 Å². The van der Waals surface area contributed by atoms with Crippen molar-refractivity contribution in [1.29, 1.82) is 0 Å². The lowest BCUT2D eigenvalue weighted by Gasteiger charge is -2.11. The SMILES string of the molecule is COc1cc(CF)c(CN=C=O)cc1OC. The van der Waals surface area contributed by atoms with Crippen molar-refractivity contribution in [2.75, 3.05) is 14.2 Å². The lowest BCUT2D eigenvalue weighted by Crippen LogP contribution is -1.97. The molecule has 0 amide bonds. The highest BCUT2D eigenvalue weighted by molar-refractivity contribution is 5.47. The van der Waals surface area contributed by atoms with Gasteiger partial charge in [0.25, 0.3) is 0 Å². The van der Waals surface area contributed by atoms with Gasteiger partial charge in [-0.05, 0) is 23.3 Å². The van der Waals surface area contributed by atoms with Crippen LogP contribution in [0.2, 0.25) is 0 Å². The maximum Gasteiger partial charge on any atom is 0.235 e. The minimum atomic E-state index is -0.649. The number of alkyl halides is 1. The molecule has 0 saturated carbocycles. The zero-order valence-electron chi connectivity index (χ0n) is 9.12. The molecule has 0 N–H and O–H groups in total. The molecule has 0 fully saturated rings. The van der Waals surface area contributed by atoms with Crippen LogP contribution in [0.5, 0.6) is 11.5 Å². The van der Waals surface area contributed by atoms with E-state index < -0.39 is 6.67 Å². The van der Waals surface area contributed by atoms with Gasteiger partial charge >= 0.3 is 0 Å². The van der Waals surface area contributed by atoms with E-state index >= 15 is 0 Å². The number of hydrogen-bond acceptors (Lipinski definition) is 4. The van der Waals surface area contributed by atoms with Crippen molar-refractivity contribution in [2.24, 2.45) is 4.99 Å². The van der Waals surface area contributed by atoms with Crippen molar-refractivity contribution >= 4 is 6.08 Å². The Morgan fingerprint density at radius 2 is 1.81 bits per heavy atom. The summed E-state index contributed by atoms with van der Waals surface area (Å²) in [6, 6.07) is 3.14. The second kappa shape index (κ2) is 5.88. The van der Waals surface area contributed by atoms with E-state index in [9.17, 15) is 9.18 Å². The van der Waals surface area contributed by atoms with Gasteiger partial charge < -0.3 is 9.47 Å². The Morgan fingerprint density at radius 3 is 2.25 bits per heavy atom. The fourth-order valence-electron chi connectivity index (χ4n) is 1.35. The molecule has 1 aromatic carbocycles. The number of halogens is 1. The van der Waals surface area contributed by atoms with Gasteiger partial charge in [-0.15, -0.1) is 0 Å². The number of aliphatic imine (C=N–C) groups is 1. The van der Waals surface area contributed by atoms with Crippen LogP contribution < -0.4 is 9.47 Å². The van der Waals surface area contributed by atoms with E-state index in [1.165, 1.54) is 26.4 Å². The molecule has 86 valence electrons. The number of rotatable bonds is 5. The average Bonchev–Trinajstić information content (AvgIpc) is 2.35. The van der Waals surface area contributed by atoms with Crippen LogP contribution >= 0.6 is 0 Å². The molecular formula is C11H12FNO3. The van der Waals surface area contributed by atoms with Crippen LogP contribution in [-0.2, 0) is 18.0 Å². The third kappa shape index (κ3) is 2.58. The van der Waals surface area contributed by atoms with Gasteiger partial charge in [-0.1, -0.05) is 0 Å². The van der Waals surface area contributed by atoms with Gasteiger partial charge in [0.15, 0.2) is 11.5 Å². The van der Waals surface area contributed by atoms with Crippen LogP contribution in [-0.4, -0.2) is 20.3 Å². The molecule has 4 nitrogen and oxygen atoms in total. The molecule has 0 bridgehead atoms. The highest BCUT2D eigenvalue weighted by Crippen LogP contribution is 2.31. The lowest BCUT2D eigenvalue weighted by atomic mass is 10.1. The van der Waals surface area contributed by atoms with Gasteiger partial charge in [-0.3, -0.25) is 0 Å². The Kier molecular flexibility index (Phi) is 4.48. The first-order chi connectivity index (χ1) is 7.76. The molecule has 1 aromatic rings. The van der Waals surface area contributed by atoms with Crippen LogP contribution in [0.3, 0.4) is 0 Å². The molecule has 16 heavy (non-hydrogen) atoms. The fraction of sp³-hybridized carbons (Fsp3) is 0.364.